The van der Waals surface area contributed by atoms with E-state index in [2.05, 4.69) is 20.9 Å². The van der Waals surface area contributed by atoms with Gasteiger partial charge in [0.2, 0.25) is 17.7 Å². The summed E-state index contributed by atoms with van der Waals surface area (Å²) in [6, 6.07) is -2.88. The molecular weight excluding hydrogens is 358 g/mol. The van der Waals surface area contributed by atoms with E-state index in [0.717, 1.165) is 6.42 Å². The molecule has 12 nitrogen and oxygen atoms in total. The molecular formula is C15H27N7O5. The SMILES string of the molecule is NC(=O)CC(NC(=O)C(CCCN=C(N)N)NC(=O)C1CCCN1)C(=O)O. The fourth-order valence-corrected chi connectivity index (χ4v) is 2.63. The summed E-state index contributed by atoms with van der Waals surface area (Å²) in [6.07, 6.45) is 1.50. The number of aliphatic carboxylic acids is 1. The fourth-order valence-electron chi connectivity index (χ4n) is 2.63. The highest BCUT2D eigenvalue weighted by molar-refractivity contribution is 5.93. The third-order valence-electron chi connectivity index (χ3n) is 3.97. The molecule has 0 saturated carbocycles. The van der Waals surface area contributed by atoms with E-state index in [0.29, 0.717) is 19.4 Å². The van der Waals surface area contributed by atoms with Crippen LogP contribution >= 0.6 is 0 Å². The standard InChI is InChI=1S/C15H27N7O5/c16-11(23)7-10(14(26)27)22-13(25)9(4-2-6-20-15(17)18)21-12(24)8-3-1-5-19-8/h8-10,19H,1-7H2,(H2,16,23)(H,21,24)(H,22,25)(H,26,27)(H4,17,18,20). The Kier molecular flexibility index (Phi) is 8.99. The number of hydrogen-bond donors (Lipinski definition) is 7. The number of carboxylic acids is 1. The Morgan fingerprint density at radius 2 is 1.85 bits per heavy atom. The van der Waals surface area contributed by atoms with E-state index < -0.39 is 42.3 Å². The summed E-state index contributed by atoms with van der Waals surface area (Å²) in [5.41, 5.74) is 15.5. The van der Waals surface area contributed by atoms with Gasteiger partial charge in [0.15, 0.2) is 5.96 Å². The Labute approximate surface area is 156 Å². The number of guanidine groups is 1. The molecule has 0 bridgehead atoms. The second-order valence-corrected chi connectivity index (χ2v) is 6.23. The van der Waals surface area contributed by atoms with Crippen LogP contribution in [0.2, 0.25) is 0 Å². The number of carboxylic acid groups (broad SMARTS) is 1. The molecule has 152 valence electrons. The van der Waals surface area contributed by atoms with Crippen molar-refractivity contribution >= 4 is 29.7 Å². The zero-order valence-electron chi connectivity index (χ0n) is 14.9. The molecule has 0 aromatic rings. The molecule has 0 aromatic heterocycles. The summed E-state index contributed by atoms with van der Waals surface area (Å²) < 4.78 is 0. The van der Waals surface area contributed by atoms with Gasteiger partial charge in [-0.15, -0.1) is 0 Å². The molecule has 27 heavy (non-hydrogen) atoms. The number of amides is 3. The number of nitrogens with zero attached hydrogens (tertiary/aromatic N) is 1. The first-order chi connectivity index (χ1) is 12.7. The van der Waals surface area contributed by atoms with Gasteiger partial charge < -0.3 is 38.3 Å². The highest BCUT2D eigenvalue weighted by Gasteiger charge is 2.30. The number of nitrogens with one attached hydrogen (secondary N) is 3. The number of carbonyl (C=O) groups excluding carboxylic acids is 3. The molecule has 3 amide bonds. The van der Waals surface area contributed by atoms with Crippen molar-refractivity contribution in [3.05, 3.63) is 0 Å². The largest absolute Gasteiger partial charge is 0.480 e. The van der Waals surface area contributed by atoms with Crippen LogP contribution in [0.1, 0.15) is 32.1 Å². The topological polar surface area (TPSA) is 215 Å². The summed E-state index contributed by atoms with van der Waals surface area (Å²) in [6.45, 7) is 0.951. The van der Waals surface area contributed by atoms with Crippen molar-refractivity contribution in [3.63, 3.8) is 0 Å². The van der Waals surface area contributed by atoms with Gasteiger partial charge in [-0.25, -0.2) is 4.79 Å². The van der Waals surface area contributed by atoms with Crippen LogP contribution in [0.15, 0.2) is 4.99 Å². The fraction of sp³-hybridized carbons (Fsp3) is 0.667. The molecule has 1 aliphatic heterocycles. The van der Waals surface area contributed by atoms with Crippen molar-refractivity contribution in [3.8, 4) is 0 Å². The second-order valence-electron chi connectivity index (χ2n) is 6.23. The minimum atomic E-state index is -1.48. The Balaban J connectivity index is 2.75. The molecule has 10 N–H and O–H groups in total. The Morgan fingerprint density at radius 1 is 1.15 bits per heavy atom. The first-order valence-corrected chi connectivity index (χ1v) is 8.61. The van der Waals surface area contributed by atoms with Crippen LogP contribution < -0.4 is 33.2 Å². The number of carbonyl (C=O) groups is 4. The molecule has 1 aliphatic rings. The van der Waals surface area contributed by atoms with Crippen molar-refractivity contribution in [1.82, 2.24) is 16.0 Å². The predicted octanol–water partition coefficient (Wildman–Crippen LogP) is -3.28. The van der Waals surface area contributed by atoms with Gasteiger partial charge in [0.1, 0.15) is 12.1 Å². The van der Waals surface area contributed by atoms with Gasteiger partial charge in [0.25, 0.3) is 0 Å². The van der Waals surface area contributed by atoms with Crippen molar-refractivity contribution in [1.29, 1.82) is 0 Å². The Hall–Kier alpha value is -2.89. The Bertz CT molecular complexity index is 585. The lowest BCUT2D eigenvalue weighted by Crippen LogP contribution is -2.54. The number of rotatable bonds is 11. The van der Waals surface area contributed by atoms with Gasteiger partial charge in [-0.05, 0) is 32.2 Å². The zero-order valence-corrected chi connectivity index (χ0v) is 14.9. The van der Waals surface area contributed by atoms with E-state index in [1.807, 2.05) is 0 Å². The lowest BCUT2D eigenvalue weighted by atomic mass is 10.1. The van der Waals surface area contributed by atoms with Gasteiger partial charge >= 0.3 is 5.97 Å². The normalized spacial score (nSPS) is 18.1. The van der Waals surface area contributed by atoms with Crippen LogP contribution in [0, 0.1) is 0 Å². The summed E-state index contributed by atoms with van der Waals surface area (Å²) in [7, 11) is 0. The molecule has 1 fully saturated rings. The molecule has 0 aromatic carbocycles. The van der Waals surface area contributed by atoms with Crippen molar-refractivity contribution in [2.24, 2.45) is 22.2 Å². The maximum Gasteiger partial charge on any atom is 0.326 e. The molecule has 0 radical (unpaired) electrons. The monoisotopic (exact) mass is 385 g/mol. The minimum Gasteiger partial charge on any atom is -0.480 e. The zero-order chi connectivity index (χ0) is 20.4. The second kappa shape index (κ2) is 11.0. The molecule has 1 heterocycles. The lowest BCUT2D eigenvalue weighted by molar-refractivity contribution is -0.143. The molecule has 0 aliphatic carbocycles. The van der Waals surface area contributed by atoms with E-state index in [1.165, 1.54) is 0 Å². The van der Waals surface area contributed by atoms with Crippen molar-refractivity contribution in [2.75, 3.05) is 13.1 Å². The number of nitrogens with two attached hydrogens (primary N) is 3. The summed E-state index contributed by atoms with van der Waals surface area (Å²) >= 11 is 0. The summed E-state index contributed by atoms with van der Waals surface area (Å²) in [5, 5.41) is 17.0. The summed E-state index contributed by atoms with van der Waals surface area (Å²) in [4.78, 5) is 50.7. The predicted molar refractivity (Wildman–Crippen MR) is 96.2 cm³/mol. The molecule has 1 rings (SSSR count). The van der Waals surface area contributed by atoms with Crippen LogP contribution in [-0.2, 0) is 19.2 Å². The van der Waals surface area contributed by atoms with Crippen LogP contribution in [0.25, 0.3) is 0 Å². The molecule has 3 atom stereocenters. The van der Waals surface area contributed by atoms with E-state index in [9.17, 15) is 19.2 Å². The van der Waals surface area contributed by atoms with Crippen molar-refractivity contribution < 1.29 is 24.3 Å². The first-order valence-electron chi connectivity index (χ1n) is 8.61. The minimum absolute atomic E-state index is 0.0948. The lowest BCUT2D eigenvalue weighted by Gasteiger charge is -2.22. The highest BCUT2D eigenvalue weighted by Crippen LogP contribution is 2.07. The number of hydrogen-bond acceptors (Lipinski definition) is 6. The third kappa shape index (κ3) is 8.35. The first kappa shape index (κ1) is 22.2. The molecule has 0 spiro atoms. The van der Waals surface area contributed by atoms with Crippen LogP contribution in [0.4, 0.5) is 0 Å². The van der Waals surface area contributed by atoms with E-state index >= 15 is 0 Å². The molecule has 1 saturated heterocycles. The van der Waals surface area contributed by atoms with Gasteiger partial charge in [-0.3, -0.25) is 19.4 Å². The van der Waals surface area contributed by atoms with Gasteiger partial charge in [-0.1, -0.05) is 0 Å². The number of aliphatic imine (C=N–C) groups is 1. The smallest absolute Gasteiger partial charge is 0.326 e. The number of primary amides is 1. The maximum absolute atomic E-state index is 12.5. The van der Waals surface area contributed by atoms with Crippen molar-refractivity contribution in [2.45, 2.75) is 50.2 Å². The van der Waals surface area contributed by atoms with Crippen LogP contribution in [-0.4, -0.2) is 66.0 Å². The summed E-state index contributed by atoms with van der Waals surface area (Å²) in [5.74, 6) is -3.44. The highest BCUT2D eigenvalue weighted by atomic mass is 16.4. The van der Waals surface area contributed by atoms with Crippen LogP contribution in [0.5, 0.6) is 0 Å². The quantitative estimate of drug-likeness (QED) is 0.108. The van der Waals surface area contributed by atoms with Gasteiger partial charge in [0.05, 0.1) is 12.5 Å². The maximum atomic E-state index is 12.5. The average molecular weight is 385 g/mol. The van der Waals surface area contributed by atoms with Gasteiger partial charge in [0, 0.05) is 6.54 Å². The van der Waals surface area contributed by atoms with E-state index in [4.69, 9.17) is 22.3 Å². The van der Waals surface area contributed by atoms with Gasteiger partial charge in [-0.2, -0.15) is 0 Å². The molecule has 3 unspecified atom stereocenters. The third-order valence-corrected chi connectivity index (χ3v) is 3.97. The molecule has 12 heteroatoms. The van der Waals surface area contributed by atoms with Crippen LogP contribution in [0.3, 0.4) is 0 Å². The Morgan fingerprint density at radius 3 is 2.37 bits per heavy atom. The van der Waals surface area contributed by atoms with E-state index in [-0.39, 0.29) is 24.8 Å². The average Bonchev–Trinajstić information content (AvgIpc) is 3.10. The van der Waals surface area contributed by atoms with E-state index in [1.54, 1.807) is 0 Å².